The molecular weight excluding hydrogens is 334 g/mol. The van der Waals surface area contributed by atoms with Crippen LogP contribution in [0.5, 0.6) is 0 Å². The van der Waals surface area contributed by atoms with Gasteiger partial charge in [0.25, 0.3) is 0 Å². The molecule has 0 unspecified atom stereocenters. The monoisotopic (exact) mass is 367 g/mol. The molecule has 1 saturated carbocycles. The lowest BCUT2D eigenvalue weighted by atomic mass is 9.96. The average molecular weight is 368 g/mol. The van der Waals surface area contributed by atoms with Crippen molar-refractivity contribution in [1.29, 1.82) is 0 Å². The molecule has 27 heavy (non-hydrogen) atoms. The second kappa shape index (κ2) is 9.07. The van der Waals surface area contributed by atoms with Crippen molar-refractivity contribution in [3.8, 4) is 0 Å². The highest BCUT2D eigenvalue weighted by molar-refractivity contribution is 5.65. The van der Waals surface area contributed by atoms with Crippen LogP contribution in [-0.4, -0.2) is 29.1 Å². The maximum Gasteiger partial charge on any atom is 0.225 e. The summed E-state index contributed by atoms with van der Waals surface area (Å²) in [7, 11) is 0. The third kappa shape index (κ3) is 5.12. The van der Waals surface area contributed by atoms with Crippen molar-refractivity contribution < 1.29 is 0 Å². The zero-order valence-electron chi connectivity index (χ0n) is 17.2. The standard InChI is InChI=1S/C22H33N5/c1-5-27(6-2)19-12-13-20(16(3)14-19)25-21-15-17(4)23-22(26-21)24-18-10-8-7-9-11-18/h12-15,18H,5-11H2,1-4H3,(H2,23,24,25,26). The maximum absolute atomic E-state index is 4.71. The predicted molar refractivity (Wildman–Crippen MR) is 115 cm³/mol. The molecule has 1 aliphatic rings. The van der Waals surface area contributed by atoms with Crippen molar-refractivity contribution in [3.05, 3.63) is 35.5 Å². The minimum atomic E-state index is 0.503. The molecule has 1 aromatic heterocycles. The summed E-state index contributed by atoms with van der Waals surface area (Å²) >= 11 is 0. The van der Waals surface area contributed by atoms with Gasteiger partial charge in [0.15, 0.2) is 0 Å². The van der Waals surface area contributed by atoms with Gasteiger partial charge in [0.1, 0.15) is 5.82 Å². The van der Waals surface area contributed by atoms with Gasteiger partial charge in [-0.25, -0.2) is 4.98 Å². The largest absolute Gasteiger partial charge is 0.372 e. The number of nitrogens with one attached hydrogen (secondary N) is 2. The zero-order valence-corrected chi connectivity index (χ0v) is 17.2. The number of nitrogens with zero attached hydrogens (tertiary/aromatic N) is 3. The molecule has 5 nitrogen and oxygen atoms in total. The third-order valence-corrected chi connectivity index (χ3v) is 5.39. The molecular formula is C22H33N5. The fourth-order valence-electron chi connectivity index (χ4n) is 3.84. The van der Waals surface area contributed by atoms with Crippen LogP contribution in [0.25, 0.3) is 0 Å². The molecule has 0 bridgehead atoms. The van der Waals surface area contributed by atoms with Gasteiger partial charge < -0.3 is 15.5 Å². The van der Waals surface area contributed by atoms with E-state index in [1.165, 1.54) is 43.4 Å². The molecule has 3 rings (SSSR count). The van der Waals surface area contributed by atoms with E-state index in [9.17, 15) is 0 Å². The minimum Gasteiger partial charge on any atom is -0.372 e. The van der Waals surface area contributed by atoms with Crippen LogP contribution in [0.2, 0.25) is 0 Å². The number of aryl methyl sites for hydroxylation is 2. The Kier molecular flexibility index (Phi) is 6.54. The summed E-state index contributed by atoms with van der Waals surface area (Å²) in [4.78, 5) is 11.7. The lowest BCUT2D eigenvalue weighted by Crippen LogP contribution is -2.23. The molecule has 1 fully saturated rings. The summed E-state index contributed by atoms with van der Waals surface area (Å²) in [5.74, 6) is 1.58. The molecule has 0 amide bonds. The summed E-state index contributed by atoms with van der Waals surface area (Å²) in [6.45, 7) is 10.6. The van der Waals surface area contributed by atoms with Crippen molar-refractivity contribution in [2.24, 2.45) is 0 Å². The van der Waals surface area contributed by atoms with E-state index in [0.29, 0.717) is 6.04 Å². The second-order valence-electron chi connectivity index (χ2n) is 7.49. The molecule has 146 valence electrons. The van der Waals surface area contributed by atoms with Gasteiger partial charge in [-0.2, -0.15) is 4.98 Å². The molecule has 1 aromatic carbocycles. The number of hydrogen-bond acceptors (Lipinski definition) is 5. The number of anilines is 4. The van der Waals surface area contributed by atoms with E-state index in [0.717, 1.165) is 36.2 Å². The van der Waals surface area contributed by atoms with Gasteiger partial charge in [0.2, 0.25) is 5.95 Å². The van der Waals surface area contributed by atoms with E-state index in [4.69, 9.17) is 4.98 Å². The highest BCUT2D eigenvalue weighted by atomic mass is 15.2. The topological polar surface area (TPSA) is 53.1 Å². The smallest absolute Gasteiger partial charge is 0.225 e. The summed E-state index contributed by atoms with van der Waals surface area (Å²) < 4.78 is 0. The normalized spacial score (nSPS) is 14.8. The SMILES string of the molecule is CCN(CC)c1ccc(Nc2cc(C)nc(NC3CCCCC3)n2)c(C)c1. The summed E-state index contributed by atoms with van der Waals surface area (Å²) in [6.07, 6.45) is 6.37. The van der Waals surface area contributed by atoms with E-state index in [1.807, 2.05) is 13.0 Å². The van der Waals surface area contributed by atoms with Gasteiger partial charge in [-0.05, 0) is 64.3 Å². The van der Waals surface area contributed by atoms with Crippen LogP contribution < -0.4 is 15.5 Å². The molecule has 2 N–H and O–H groups in total. The molecule has 0 aliphatic heterocycles. The van der Waals surface area contributed by atoms with Crippen LogP contribution in [0.3, 0.4) is 0 Å². The molecule has 0 atom stereocenters. The predicted octanol–water partition coefficient (Wildman–Crippen LogP) is 5.43. The average Bonchev–Trinajstić information content (AvgIpc) is 2.65. The van der Waals surface area contributed by atoms with Crippen LogP contribution in [0.15, 0.2) is 24.3 Å². The highest BCUT2D eigenvalue weighted by Gasteiger charge is 2.15. The Bertz CT molecular complexity index is 748. The Hall–Kier alpha value is -2.30. The van der Waals surface area contributed by atoms with Gasteiger partial charge in [-0.3, -0.25) is 0 Å². The van der Waals surface area contributed by atoms with Crippen LogP contribution in [0.4, 0.5) is 23.1 Å². The van der Waals surface area contributed by atoms with Gasteiger partial charge in [-0.15, -0.1) is 0 Å². The number of benzene rings is 1. The van der Waals surface area contributed by atoms with E-state index in [2.05, 4.69) is 59.5 Å². The maximum atomic E-state index is 4.71. The van der Waals surface area contributed by atoms with Gasteiger partial charge in [0.05, 0.1) is 0 Å². The van der Waals surface area contributed by atoms with E-state index in [-0.39, 0.29) is 0 Å². The van der Waals surface area contributed by atoms with Crippen LogP contribution >= 0.6 is 0 Å². The van der Waals surface area contributed by atoms with Gasteiger partial charge >= 0.3 is 0 Å². The lowest BCUT2D eigenvalue weighted by Gasteiger charge is -2.23. The summed E-state index contributed by atoms with van der Waals surface area (Å²) in [6, 6.07) is 9.07. The fourth-order valence-corrected chi connectivity index (χ4v) is 3.84. The van der Waals surface area contributed by atoms with E-state index in [1.54, 1.807) is 0 Å². The quantitative estimate of drug-likeness (QED) is 0.683. The summed E-state index contributed by atoms with van der Waals surface area (Å²) in [5, 5.41) is 7.02. The van der Waals surface area contributed by atoms with Crippen molar-refractivity contribution in [3.63, 3.8) is 0 Å². The molecule has 0 saturated heterocycles. The molecule has 0 spiro atoms. The Balaban J connectivity index is 1.75. The molecule has 0 radical (unpaired) electrons. The van der Waals surface area contributed by atoms with Crippen molar-refractivity contribution in [2.45, 2.75) is 65.8 Å². The Labute approximate surface area is 163 Å². The van der Waals surface area contributed by atoms with E-state index >= 15 is 0 Å². The number of hydrogen-bond donors (Lipinski definition) is 2. The first-order valence-corrected chi connectivity index (χ1v) is 10.3. The third-order valence-electron chi connectivity index (χ3n) is 5.39. The Morgan fingerprint density at radius 1 is 1.00 bits per heavy atom. The van der Waals surface area contributed by atoms with E-state index < -0.39 is 0 Å². The zero-order chi connectivity index (χ0) is 19.2. The highest BCUT2D eigenvalue weighted by Crippen LogP contribution is 2.26. The van der Waals surface area contributed by atoms with Crippen molar-refractivity contribution in [2.75, 3.05) is 28.6 Å². The number of aromatic nitrogens is 2. The summed E-state index contributed by atoms with van der Waals surface area (Å²) in [5.41, 5.74) is 4.55. The van der Waals surface area contributed by atoms with Crippen LogP contribution in [0, 0.1) is 13.8 Å². The van der Waals surface area contributed by atoms with Crippen LogP contribution in [-0.2, 0) is 0 Å². The first-order chi connectivity index (χ1) is 13.1. The molecule has 2 aromatic rings. The van der Waals surface area contributed by atoms with Gasteiger partial charge in [-0.1, -0.05) is 19.3 Å². The molecule has 5 heteroatoms. The van der Waals surface area contributed by atoms with Crippen LogP contribution in [0.1, 0.15) is 57.2 Å². The number of rotatable bonds is 7. The van der Waals surface area contributed by atoms with Gasteiger partial charge in [0, 0.05) is 42.3 Å². The van der Waals surface area contributed by atoms with Crippen molar-refractivity contribution in [1.82, 2.24) is 9.97 Å². The minimum absolute atomic E-state index is 0.503. The van der Waals surface area contributed by atoms with Crippen molar-refractivity contribution >= 4 is 23.1 Å². The molecule has 1 aliphatic carbocycles. The second-order valence-corrected chi connectivity index (χ2v) is 7.49. The Morgan fingerprint density at radius 2 is 1.74 bits per heavy atom. The first-order valence-electron chi connectivity index (χ1n) is 10.3. The fraction of sp³-hybridized carbons (Fsp3) is 0.545. The lowest BCUT2D eigenvalue weighted by molar-refractivity contribution is 0.461. The Morgan fingerprint density at radius 3 is 2.41 bits per heavy atom. The molecule has 1 heterocycles. The first kappa shape index (κ1) is 19.5.